The number of aliphatic hydroxyl groups is 2. The van der Waals surface area contributed by atoms with E-state index in [0.717, 1.165) is 25.7 Å². The predicted octanol–water partition coefficient (Wildman–Crippen LogP) is 6.96. The quantitative estimate of drug-likeness (QED) is 0.324. The Labute approximate surface area is 243 Å². The fourth-order valence-electron chi connectivity index (χ4n) is 8.08. The molecule has 5 heteroatoms. The average molecular weight is 563 g/mol. The van der Waals surface area contributed by atoms with Crippen LogP contribution in [0.25, 0.3) is 0 Å². The summed E-state index contributed by atoms with van der Waals surface area (Å²) in [6, 6.07) is 21.0. The zero-order valence-corrected chi connectivity index (χ0v) is 26.7. The van der Waals surface area contributed by atoms with Crippen molar-refractivity contribution in [1.82, 2.24) is 0 Å². The molecule has 2 aliphatic carbocycles. The van der Waals surface area contributed by atoms with Gasteiger partial charge in [-0.15, -0.1) is 0 Å². The summed E-state index contributed by atoms with van der Waals surface area (Å²) < 4.78 is 6.99. The van der Waals surface area contributed by atoms with Crippen molar-refractivity contribution in [3.63, 3.8) is 0 Å². The number of aliphatic hydroxyl groups excluding tert-OH is 1. The molecule has 0 aromatic heterocycles. The molecule has 40 heavy (non-hydrogen) atoms. The van der Waals surface area contributed by atoms with Crippen molar-refractivity contribution in [2.45, 2.75) is 97.6 Å². The topological polar surface area (TPSA) is 66.8 Å². The maximum absolute atomic E-state index is 13.9. The number of benzene rings is 2. The van der Waals surface area contributed by atoms with Gasteiger partial charge in [0.2, 0.25) is 0 Å². The Balaban J connectivity index is 1.55. The van der Waals surface area contributed by atoms with E-state index in [1.807, 2.05) is 18.2 Å². The molecule has 4 atom stereocenters. The third-order valence-corrected chi connectivity index (χ3v) is 15.1. The third-order valence-electron chi connectivity index (χ3n) is 10.0. The van der Waals surface area contributed by atoms with Gasteiger partial charge in [0.15, 0.2) is 0 Å². The molecule has 0 aliphatic heterocycles. The smallest absolute Gasteiger partial charge is 0.261 e. The second-order valence-corrected chi connectivity index (χ2v) is 18.9. The number of carbonyl (C=O) groups is 1. The van der Waals surface area contributed by atoms with E-state index in [4.69, 9.17) is 4.43 Å². The molecule has 0 bridgehead atoms. The Bertz CT molecular complexity index is 1160. The molecule has 0 radical (unpaired) electrons. The number of hydrogen-bond donors (Lipinski definition) is 2. The van der Waals surface area contributed by atoms with Gasteiger partial charge in [-0.3, -0.25) is 4.79 Å². The van der Waals surface area contributed by atoms with Gasteiger partial charge in [0.25, 0.3) is 8.32 Å². The number of carbonyl (C=O) groups excluding carboxylic acids is 1. The standard InChI is InChI=1S/C35H50O4Si/c1-32(2,3)40(26-15-10-8-11-16-26,27-17-12-9-13-18-27)39-24-23-34(6,38)25-29(37)31-28(36)19-20-30-33(4,5)21-14-22-35(30,31)7/h8-13,15-19,30-31,36,38H,14,20-25H2,1-7H3/t30-,31+,34-,35-/m0/s1. The van der Waals surface area contributed by atoms with E-state index in [0.29, 0.717) is 18.9 Å². The summed E-state index contributed by atoms with van der Waals surface area (Å²) in [4.78, 5) is 13.9. The fourth-order valence-corrected chi connectivity index (χ4v) is 12.6. The maximum atomic E-state index is 13.9. The molecule has 2 aromatic rings. The molecule has 0 spiro atoms. The molecule has 4 nitrogen and oxygen atoms in total. The number of rotatable bonds is 9. The predicted molar refractivity (Wildman–Crippen MR) is 166 cm³/mol. The second kappa shape index (κ2) is 11.2. The average Bonchev–Trinajstić information content (AvgIpc) is 2.85. The van der Waals surface area contributed by atoms with Gasteiger partial charge >= 0.3 is 0 Å². The number of ketones is 1. The first kappa shape index (κ1) is 30.7. The highest BCUT2D eigenvalue weighted by Crippen LogP contribution is 2.59. The molecule has 1 fully saturated rings. The largest absolute Gasteiger partial charge is 0.512 e. The molecule has 0 saturated heterocycles. The van der Waals surface area contributed by atoms with Crippen molar-refractivity contribution in [3.05, 3.63) is 72.5 Å². The Morgan fingerprint density at radius 2 is 1.50 bits per heavy atom. The van der Waals surface area contributed by atoms with E-state index in [2.05, 4.69) is 90.1 Å². The van der Waals surface area contributed by atoms with Gasteiger partial charge in [-0.25, -0.2) is 0 Å². The summed E-state index contributed by atoms with van der Waals surface area (Å²) in [7, 11) is -2.73. The van der Waals surface area contributed by atoms with Crippen LogP contribution in [0.2, 0.25) is 5.04 Å². The molecule has 218 valence electrons. The Morgan fingerprint density at radius 3 is 2.02 bits per heavy atom. The van der Waals surface area contributed by atoms with Crippen LogP contribution in [0.4, 0.5) is 0 Å². The van der Waals surface area contributed by atoms with E-state index in [1.165, 1.54) is 10.4 Å². The minimum atomic E-state index is -2.73. The lowest BCUT2D eigenvalue weighted by atomic mass is 9.48. The van der Waals surface area contributed by atoms with Gasteiger partial charge in [-0.05, 0) is 70.8 Å². The molecule has 2 aromatic carbocycles. The van der Waals surface area contributed by atoms with E-state index in [9.17, 15) is 15.0 Å². The molecule has 0 amide bonds. The summed E-state index contributed by atoms with van der Waals surface area (Å²) in [6.07, 6.45) is 6.13. The molecule has 1 saturated carbocycles. The summed E-state index contributed by atoms with van der Waals surface area (Å²) in [5.41, 5.74) is -1.41. The lowest BCUT2D eigenvalue weighted by Crippen LogP contribution is -2.66. The van der Waals surface area contributed by atoms with Crippen LogP contribution in [-0.2, 0) is 9.22 Å². The first-order valence-corrected chi connectivity index (χ1v) is 16.9. The second-order valence-electron chi connectivity index (χ2n) is 14.6. The summed E-state index contributed by atoms with van der Waals surface area (Å²) in [6.45, 7) is 15.6. The number of allylic oxidation sites excluding steroid dienone is 2. The summed E-state index contributed by atoms with van der Waals surface area (Å²) in [5.74, 6) is -0.0909. The number of fused-ring (bicyclic) bond motifs is 1. The van der Waals surface area contributed by atoms with Crippen molar-refractivity contribution in [2.24, 2.45) is 22.7 Å². The fraction of sp³-hybridized carbons (Fsp3) is 0.571. The highest BCUT2D eigenvalue weighted by molar-refractivity contribution is 6.99. The van der Waals surface area contributed by atoms with Crippen molar-refractivity contribution in [2.75, 3.05) is 6.61 Å². The molecule has 0 heterocycles. The Morgan fingerprint density at radius 1 is 0.950 bits per heavy atom. The van der Waals surface area contributed by atoms with Gasteiger partial charge in [0, 0.05) is 13.0 Å². The van der Waals surface area contributed by atoms with Crippen LogP contribution in [0.3, 0.4) is 0 Å². The molecule has 2 N–H and O–H groups in total. The number of Topliss-reactive ketones (excluding diaryl/α,β-unsaturated/α-hetero) is 1. The first-order valence-electron chi connectivity index (χ1n) is 15.0. The molecule has 2 aliphatic rings. The Hall–Kier alpha value is -2.21. The maximum Gasteiger partial charge on any atom is 0.261 e. The number of hydrogen-bond acceptors (Lipinski definition) is 4. The van der Waals surface area contributed by atoms with E-state index >= 15 is 0 Å². The third kappa shape index (κ3) is 5.75. The summed E-state index contributed by atoms with van der Waals surface area (Å²) >= 11 is 0. The molecule has 4 rings (SSSR count). The van der Waals surface area contributed by atoms with E-state index in [1.54, 1.807) is 6.92 Å². The minimum Gasteiger partial charge on any atom is -0.512 e. The van der Waals surface area contributed by atoms with Crippen molar-refractivity contribution in [3.8, 4) is 0 Å². The minimum absolute atomic E-state index is 0.00239. The van der Waals surface area contributed by atoms with Crippen LogP contribution >= 0.6 is 0 Å². The monoisotopic (exact) mass is 562 g/mol. The van der Waals surface area contributed by atoms with Crippen LogP contribution in [0.1, 0.15) is 87.0 Å². The normalized spacial score (nSPS) is 26.4. The van der Waals surface area contributed by atoms with Gasteiger partial charge in [0.1, 0.15) is 5.78 Å². The van der Waals surface area contributed by atoms with Crippen LogP contribution in [0.5, 0.6) is 0 Å². The lowest BCUT2D eigenvalue weighted by Gasteiger charge is -2.55. The molecular weight excluding hydrogens is 512 g/mol. The SMILES string of the molecule is CC1(C)CCC[C@]2(C)[C@@H](C(=O)C[C@@](C)(O)CCO[Si](c3ccccc3)(c3ccccc3)C(C)(C)C)C(O)=CC[C@@H]12. The van der Waals surface area contributed by atoms with Crippen LogP contribution in [0, 0.1) is 22.7 Å². The van der Waals surface area contributed by atoms with Gasteiger partial charge in [-0.2, -0.15) is 0 Å². The molecule has 0 unspecified atom stereocenters. The van der Waals surface area contributed by atoms with Gasteiger partial charge in [0.05, 0.1) is 17.3 Å². The zero-order chi connectivity index (χ0) is 29.4. The van der Waals surface area contributed by atoms with Gasteiger partial charge < -0.3 is 14.6 Å². The van der Waals surface area contributed by atoms with Crippen LogP contribution < -0.4 is 10.4 Å². The first-order chi connectivity index (χ1) is 18.6. The van der Waals surface area contributed by atoms with E-state index in [-0.39, 0.29) is 33.8 Å². The van der Waals surface area contributed by atoms with Gasteiger partial charge in [-0.1, -0.05) is 109 Å². The highest BCUT2D eigenvalue weighted by atomic mass is 28.4. The lowest BCUT2D eigenvalue weighted by molar-refractivity contribution is -0.138. The Kier molecular flexibility index (Phi) is 8.63. The van der Waals surface area contributed by atoms with E-state index < -0.39 is 19.8 Å². The van der Waals surface area contributed by atoms with Crippen molar-refractivity contribution >= 4 is 24.5 Å². The highest BCUT2D eigenvalue weighted by Gasteiger charge is 2.55. The van der Waals surface area contributed by atoms with Crippen LogP contribution in [0.15, 0.2) is 72.5 Å². The van der Waals surface area contributed by atoms with Crippen molar-refractivity contribution < 1.29 is 19.4 Å². The zero-order valence-electron chi connectivity index (χ0n) is 25.7. The molecular formula is C35H50O4Si. The van der Waals surface area contributed by atoms with Crippen molar-refractivity contribution in [1.29, 1.82) is 0 Å². The summed E-state index contributed by atoms with van der Waals surface area (Å²) in [5, 5.41) is 24.7. The van der Waals surface area contributed by atoms with Crippen LogP contribution in [-0.4, -0.2) is 36.5 Å².